The Hall–Kier alpha value is -5.80. The van der Waals surface area contributed by atoms with E-state index in [-0.39, 0.29) is 60.6 Å². The number of piperazine rings is 1. The van der Waals surface area contributed by atoms with Gasteiger partial charge in [0.1, 0.15) is 29.6 Å². The molecule has 2 fully saturated rings. The van der Waals surface area contributed by atoms with Crippen LogP contribution in [0.2, 0.25) is 0 Å². The molecule has 1 atom stereocenters. The maximum absolute atomic E-state index is 15.3. The van der Waals surface area contributed by atoms with Crippen LogP contribution in [0.3, 0.4) is 0 Å². The van der Waals surface area contributed by atoms with Gasteiger partial charge in [-0.25, -0.2) is 14.0 Å². The maximum atomic E-state index is 15.3. The minimum atomic E-state index is -1.38. The summed E-state index contributed by atoms with van der Waals surface area (Å²) in [6.45, 7) is 5.44. The normalized spacial score (nSPS) is 15.4. The first-order valence-corrected chi connectivity index (χ1v) is 19.1. The standard InChI is InChI=1S/C40H50FN7O8/c1-3-7-33(49)40(13-6-14-40)34(50)20-26(8-5-15-44-38(42)43)36(52)45-27-11-9-25(10-12-27)24-56-39(55)48-18-16-47(17-19-48)32-22-31-28(21-30(32)41)35(51)29(37(53)54)23-46(31)4-2/h9-12,21-23,26H,3-8,13-20,24H2,1-2H3,(H,45,52)(H,53,54)(H4,42,43,44)/t26-/m1/s1. The summed E-state index contributed by atoms with van der Waals surface area (Å²) in [5, 5.41) is 12.3. The molecule has 2 aliphatic rings. The van der Waals surface area contributed by atoms with Crippen molar-refractivity contribution in [3.8, 4) is 0 Å². The van der Waals surface area contributed by atoms with Gasteiger partial charge in [-0.05, 0) is 68.9 Å². The molecule has 1 aromatic heterocycles. The molecule has 300 valence electrons. The van der Waals surface area contributed by atoms with Crippen molar-refractivity contribution in [2.45, 2.75) is 78.4 Å². The predicted molar refractivity (Wildman–Crippen MR) is 209 cm³/mol. The number of hydrogen-bond donors (Lipinski definition) is 4. The molecular formula is C40H50FN7O8. The van der Waals surface area contributed by atoms with E-state index in [2.05, 4.69) is 10.3 Å². The van der Waals surface area contributed by atoms with Crippen LogP contribution in [0.5, 0.6) is 0 Å². The molecule has 1 saturated heterocycles. The van der Waals surface area contributed by atoms with Crippen LogP contribution in [0, 0.1) is 17.2 Å². The Morgan fingerprint density at radius 2 is 1.71 bits per heavy atom. The fraction of sp³-hybridized carbons (Fsp3) is 0.475. The van der Waals surface area contributed by atoms with Crippen LogP contribution in [0.1, 0.15) is 81.1 Å². The van der Waals surface area contributed by atoms with Gasteiger partial charge in [-0.3, -0.25) is 24.2 Å². The lowest BCUT2D eigenvalue weighted by atomic mass is 9.61. The van der Waals surface area contributed by atoms with E-state index in [9.17, 15) is 33.9 Å². The number of Topliss-reactive ketones (excluding diaryl/α,β-unsaturated/α-hetero) is 2. The number of halogens is 1. The van der Waals surface area contributed by atoms with Gasteiger partial charge in [-0.2, -0.15) is 0 Å². The quantitative estimate of drug-likeness (QED) is 0.0651. The smallest absolute Gasteiger partial charge is 0.410 e. The molecule has 15 nitrogen and oxygen atoms in total. The van der Waals surface area contributed by atoms with Crippen LogP contribution in [0.25, 0.3) is 10.9 Å². The predicted octanol–water partition coefficient (Wildman–Crippen LogP) is 4.42. The summed E-state index contributed by atoms with van der Waals surface area (Å²) in [6, 6.07) is 9.39. The van der Waals surface area contributed by atoms with Gasteiger partial charge < -0.3 is 41.0 Å². The number of carboxylic acid groups (broad SMARTS) is 1. The van der Waals surface area contributed by atoms with E-state index >= 15 is 4.39 Å². The molecule has 1 aliphatic heterocycles. The van der Waals surface area contributed by atoms with E-state index < -0.39 is 40.2 Å². The first-order chi connectivity index (χ1) is 26.8. The summed E-state index contributed by atoms with van der Waals surface area (Å²) in [6.07, 6.45) is 4.32. The molecule has 0 radical (unpaired) electrons. The number of carbonyl (C=O) groups is 5. The number of nitrogens with two attached hydrogens (primary N) is 2. The summed E-state index contributed by atoms with van der Waals surface area (Å²) in [5.41, 5.74) is 10.5. The molecule has 0 bridgehead atoms. The maximum Gasteiger partial charge on any atom is 0.410 e. The number of hydrogen-bond acceptors (Lipinski definition) is 9. The number of fused-ring (bicyclic) bond motifs is 1. The van der Waals surface area contributed by atoms with Crippen LogP contribution < -0.4 is 27.1 Å². The average Bonchev–Trinajstić information content (AvgIpc) is 3.15. The number of carbonyl (C=O) groups excluding carboxylic acids is 4. The van der Waals surface area contributed by atoms with E-state index in [1.165, 1.54) is 17.2 Å². The highest BCUT2D eigenvalue weighted by Gasteiger charge is 2.49. The van der Waals surface area contributed by atoms with Crippen molar-refractivity contribution < 1.29 is 38.2 Å². The van der Waals surface area contributed by atoms with Crippen LogP contribution >= 0.6 is 0 Å². The second-order valence-corrected chi connectivity index (χ2v) is 14.4. The van der Waals surface area contributed by atoms with Crippen molar-refractivity contribution in [1.29, 1.82) is 0 Å². The summed E-state index contributed by atoms with van der Waals surface area (Å²) in [7, 11) is 0. The number of aliphatic imine (C=N–C) groups is 1. The number of carboxylic acids is 1. The Kier molecular flexibility index (Phi) is 13.5. The van der Waals surface area contributed by atoms with E-state index in [1.807, 2.05) is 6.92 Å². The van der Waals surface area contributed by atoms with Gasteiger partial charge in [-0.15, -0.1) is 0 Å². The Balaban J connectivity index is 1.15. The van der Waals surface area contributed by atoms with Gasteiger partial charge in [-0.1, -0.05) is 25.5 Å². The number of rotatable bonds is 17. The van der Waals surface area contributed by atoms with E-state index in [0.717, 1.165) is 12.5 Å². The molecule has 5 rings (SSSR count). The fourth-order valence-corrected chi connectivity index (χ4v) is 7.35. The third-order valence-corrected chi connectivity index (χ3v) is 10.7. The Morgan fingerprint density at radius 3 is 2.30 bits per heavy atom. The Morgan fingerprint density at radius 1 is 1.02 bits per heavy atom. The lowest BCUT2D eigenvalue weighted by Crippen LogP contribution is -2.49. The number of anilines is 2. The summed E-state index contributed by atoms with van der Waals surface area (Å²) < 4.78 is 22.4. The van der Waals surface area contributed by atoms with Crippen LogP contribution in [-0.2, 0) is 32.3 Å². The third-order valence-electron chi connectivity index (χ3n) is 10.7. The van der Waals surface area contributed by atoms with Crippen molar-refractivity contribution in [3.05, 3.63) is 69.8 Å². The van der Waals surface area contributed by atoms with Crippen molar-refractivity contribution in [2.24, 2.45) is 27.8 Å². The molecule has 1 aliphatic carbocycles. The van der Waals surface area contributed by atoms with Gasteiger partial charge >= 0.3 is 12.1 Å². The van der Waals surface area contributed by atoms with Crippen LogP contribution in [0.4, 0.5) is 20.6 Å². The van der Waals surface area contributed by atoms with Gasteiger partial charge in [0.05, 0.1) is 16.6 Å². The zero-order chi connectivity index (χ0) is 40.6. The lowest BCUT2D eigenvalue weighted by molar-refractivity contribution is -0.148. The molecule has 56 heavy (non-hydrogen) atoms. The highest BCUT2D eigenvalue weighted by Crippen LogP contribution is 2.45. The Bertz CT molecular complexity index is 2050. The SMILES string of the molecule is CCCC(=O)C1(C(=O)C[C@@H](CCCN=C(N)N)C(=O)Nc2ccc(COC(=O)N3CCN(c4cc5c(cc4F)c(=O)c(C(=O)O)cn5CC)CC3)cc2)CCC1. The average molecular weight is 776 g/mol. The highest BCUT2D eigenvalue weighted by molar-refractivity contribution is 6.09. The molecule has 6 N–H and O–H groups in total. The molecule has 3 aromatic rings. The minimum Gasteiger partial charge on any atom is -0.477 e. The molecule has 2 amide bonds. The Labute approximate surface area is 323 Å². The first-order valence-electron chi connectivity index (χ1n) is 19.1. The van der Waals surface area contributed by atoms with Crippen LogP contribution in [-0.4, -0.2) is 82.8 Å². The van der Waals surface area contributed by atoms with Crippen LogP contribution in [0.15, 0.2) is 52.4 Å². The molecule has 2 aromatic carbocycles. The number of guanidine groups is 1. The van der Waals surface area contributed by atoms with Gasteiger partial charge in [0.25, 0.3) is 0 Å². The number of nitrogens with zero attached hydrogens (tertiary/aromatic N) is 4. The number of aromatic carboxylic acids is 1. The second-order valence-electron chi connectivity index (χ2n) is 14.4. The topological polar surface area (TPSA) is 220 Å². The number of ether oxygens (including phenoxy) is 1. The minimum absolute atomic E-state index is 0.0177. The number of amides is 2. The van der Waals surface area contributed by atoms with Crippen molar-refractivity contribution in [2.75, 3.05) is 42.9 Å². The molecule has 1 saturated carbocycles. The van der Waals surface area contributed by atoms with Gasteiger partial charge in [0, 0.05) is 75.3 Å². The van der Waals surface area contributed by atoms with Crippen molar-refractivity contribution in [3.63, 3.8) is 0 Å². The van der Waals surface area contributed by atoms with E-state index in [0.29, 0.717) is 81.5 Å². The van der Waals surface area contributed by atoms with E-state index in [1.54, 1.807) is 40.7 Å². The number of nitrogens with one attached hydrogen (secondary N) is 1. The molecule has 2 heterocycles. The fourth-order valence-electron chi connectivity index (χ4n) is 7.35. The molecular weight excluding hydrogens is 725 g/mol. The van der Waals surface area contributed by atoms with Crippen molar-refractivity contribution >= 4 is 57.8 Å². The van der Waals surface area contributed by atoms with E-state index in [4.69, 9.17) is 16.2 Å². The lowest BCUT2D eigenvalue weighted by Gasteiger charge is -2.39. The largest absolute Gasteiger partial charge is 0.477 e. The number of ketones is 2. The highest BCUT2D eigenvalue weighted by atomic mass is 19.1. The second kappa shape index (κ2) is 18.2. The van der Waals surface area contributed by atoms with Crippen molar-refractivity contribution in [1.82, 2.24) is 9.47 Å². The molecule has 0 unspecified atom stereocenters. The number of benzene rings is 2. The zero-order valence-electron chi connectivity index (χ0n) is 31.9. The number of aryl methyl sites for hydroxylation is 1. The van der Waals surface area contributed by atoms with Gasteiger partial charge in [0.2, 0.25) is 11.3 Å². The summed E-state index contributed by atoms with van der Waals surface area (Å²) in [4.78, 5) is 84.4. The number of pyridine rings is 1. The third kappa shape index (κ3) is 9.34. The zero-order valence-corrected chi connectivity index (χ0v) is 31.9. The van der Waals surface area contributed by atoms with Gasteiger partial charge in [0.15, 0.2) is 5.96 Å². The molecule has 16 heteroatoms. The monoisotopic (exact) mass is 775 g/mol. The number of aromatic nitrogens is 1. The molecule has 0 spiro atoms. The first kappa shape index (κ1) is 41.4. The summed E-state index contributed by atoms with van der Waals surface area (Å²) in [5.74, 6) is -3.38. The summed E-state index contributed by atoms with van der Waals surface area (Å²) >= 11 is 0.